The Morgan fingerprint density at radius 1 is 0.952 bits per heavy atom. The van der Waals surface area contributed by atoms with E-state index in [1.807, 2.05) is 30.3 Å². The highest BCUT2D eigenvalue weighted by molar-refractivity contribution is 5.83. The Hall–Kier alpha value is -2.00. The molecule has 8 nitrogen and oxygen atoms in total. The van der Waals surface area contributed by atoms with Gasteiger partial charge in [-0.15, -0.1) is 0 Å². The standard InChI is InChI=1S/C9H13NO.C4H6O6/c1-7(10)9(11)8-5-3-2-4-6-8;5-1(3(7)8)2(6)4(9)10/h2-7,9,11H,10H2,1H3;1-2,5-6H,(H,7,8)(H,9,10). The summed E-state index contributed by atoms with van der Waals surface area (Å²) in [7, 11) is 0. The predicted octanol–water partition coefficient (Wildman–Crippen LogP) is -1.06. The summed E-state index contributed by atoms with van der Waals surface area (Å²) in [6.07, 6.45) is -5.08. The van der Waals surface area contributed by atoms with E-state index in [4.69, 9.17) is 26.2 Å². The van der Waals surface area contributed by atoms with Gasteiger partial charge in [-0.1, -0.05) is 30.3 Å². The highest BCUT2D eigenvalue weighted by Crippen LogP contribution is 2.13. The second-order valence-corrected chi connectivity index (χ2v) is 4.28. The van der Waals surface area contributed by atoms with E-state index in [0.717, 1.165) is 5.56 Å². The number of aliphatic hydroxyl groups excluding tert-OH is 3. The number of hydrogen-bond donors (Lipinski definition) is 6. The van der Waals surface area contributed by atoms with Crippen LogP contribution in [0.15, 0.2) is 30.3 Å². The van der Waals surface area contributed by atoms with Gasteiger partial charge in [0.1, 0.15) is 0 Å². The van der Waals surface area contributed by atoms with Crippen molar-refractivity contribution >= 4 is 11.9 Å². The molecule has 0 aliphatic carbocycles. The van der Waals surface area contributed by atoms with Crippen molar-refractivity contribution < 1.29 is 35.1 Å². The first-order valence-electron chi connectivity index (χ1n) is 5.98. The summed E-state index contributed by atoms with van der Waals surface area (Å²) >= 11 is 0. The van der Waals surface area contributed by atoms with Gasteiger partial charge in [-0.05, 0) is 12.5 Å². The lowest BCUT2D eigenvalue weighted by Gasteiger charge is -2.13. The van der Waals surface area contributed by atoms with Gasteiger partial charge in [0.25, 0.3) is 0 Å². The van der Waals surface area contributed by atoms with E-state index in [-0.39, 0.29) is 6.04 Å². The van der Waals surface area contributed by atoms with E-state index in [1.165, 1.54) is 0 Å². The Balaban J connectivity index is 0.000000384. The normalized spacial score (nSPS) is 15.9. The maximum atomic E-state index is 9.77. The molecule has 4 atom stereocenters. The number of hydrogen-bond acceptors (Lipinski definition) is 6. The number of aliphatic hydroxyl groups is 3. The predicted molar refractivity (Wildman–Crippen MR) is 72.3 cm³/mol. The monoisotopic (exact) mass is 301 g/mol. The smallest absolute Gasteiger partial charge is 0.335 e. The van der Waals surface area contributed by atoms with Crippen LogP contribution in [0.1, 0.15) is 18.6 Å². The second kappa shape index (κ2) is 9.03. The minimum atomic E-state index is -2.27. The molecule has 21 heavy (non-hydrogen) atoms. The van der Waals surface area contributed by atoms with Crippen LogP contribution in [-0.2, 0) is 9.59 Å². The van der Waals surface area contributed by atoms with E-state index < -0.39 is 30.3 Å². The molecular formula is C13H19NO7. The van der Waals surface area contributed by atoms with E-state index in [9.17, 15) is 14.7 Å². The van der Waals surface area contributed by atoms with Crippen molar-refractivity contribution in [3.8, 4) is 0 Å². The van der Waals surface area contributed by atoms with Crippen LogP contribution in [0.5, 0.6) is 0 Å². The molecular weight excluding hydrogens is 282 g/mol. The molecule has 1 rings (SSSR count). The van der Waals surface area contributed by atoms with Gasteiger partial charge >= 0.3 is 11.9 Å². The molecule has 0 saturated heterocycles. The minimum absolute atomic E-state index is 0.211. The number of carbonyl (C=O) groups is 2. The Morgan fingerprint density at radius 2 is 1.33 bits per heavy atom. The van der Waals surface area contributed by atoms with Crippen LogP contribution in [0.3, 0.4) is 0 Å². The fourth-order valence-electron chi connectivity index (χ4n) is 1.22. The lowest BCUT2D eigenvalue weighted by Crippen LogP contribution is -2.39. The summed E-state index contributed by atoms with van der Waals surface area (Å²) in [5.74, 6) is -3.54. The van der Waals surface area contributed by atoms with E-state index >= 15 is 0 Å². The summed E-state index contributed by atoms with van der Waals surface area (Å²) in [5, 5.41) is 42.0. The first kappa shape index (κ1) is 19.0. The Labute approximate surface area is 121 Å². The summed E-state index contributed by atoms with van der Waals surface area (Å²) in [5.41, 5.74) is 6.40. The second-order valence-electron chi connectivity index (χ2n) is 4.28. The van der Waals surface area contributed by atoms with Crippen molar-refractivity contribution in [1.82, 2.24) is 0 Å². The highest BCUT2D eigenvalue weighted by atomic mass is 16.4. The van der Waals surface area contributed by atoms with E-state index in [1.54, 1.807) is 6.92 Å². The molecule has 0 saturated carbocycles. The average molecular weight is 301 g/mol. The van der Waals surface area contributed by atoms with Crippen LogP contribution < -0.4 is 5.73 Å². The molecule has 0 heterocycles. The Bertz CT molecular complexity index is 431. The third-order valence-corrected chi connectivity index (χ3v) is 2.44. The van der Waals surface area contributed by atoms with Gasteiger partial charge in [0.15, 0.2) is 12.2 Å². The average Bonchev–Trinajstić information content (AvgIpc) is 2.46. The van der Waals surface area contributed by atoms with Gasteiger partial charge in [0, 0.05) is 6.04 Å². The molecule has 8 heteroatoms. The van der Waals surface area contributed by atoms with Gasteiger partial charge in [-0.3, -0.25) is 0 Å². The molecule has 0 fully saturated rings. The third kappa shape index (κ3) is 6.82. The maximum Gasteiger partial charge on any atom is 0.335 e. The largest absolute Gasteiger partial charge is 0.479 e. The van der Waals surface area contributed by atoms with Crippen LogP contribution in [0.2, 0.25) is 0 Å². The maximum absolute atomic E-state index is 9.77. The fourth-order valence-corrected chi connectivity index (χ4v) is 1.22. The molecule has 0 aliphatic rings. The van der Waals surface area contributed by atoms with Crippen LogP contribution in [0.25, 0.3) is 0 Å². The number of aliphatic carboxylic acids is 2. The van der Waals surface area contributed by atoms with Gasteiger partial charge in [-0.2, -0.15) is 0 Å². The van der Waals surface area contributed by atoms with Crippen LogP contribution in [0, 0.1) is 0 Å². The van der Waals surface area contributed by atoms with Crippen LogP contribution in [0.4, 0.5) is 0 Å². The number of benzene rings is 1. The quantitative estimate of drug-likeness (QED) is 0.401. The van der Waals surface area contributed by atoms with Crippen molar-refractivity contribution in [1.29, 1.82) is 0 Å². The Kier molecular flexibility index (Phi) is 8.17. The SMILES string of the molecule is CC(N)C(O)c1ccccc1.O=C(O)C(O)C(O)C(=O)O. The number of nitrogens with two attached hydrogens (primary N) is 1. The van der Waals surface area contributed by atoms with Gasteiger partial charge in [0.2, 0.25) is 0 Å². The molecule has 4 unspecified atom stereocenters. The molecule has 0 radical (unpaired) electrons. The fraction of sp³-hybridized carbons (Fsp3) is 0.385. The summed E-state index contributed by atoms with van der Waals surface area (Å²) in [4.78, 5) is 19.5. The van der Waals surface area contributed by atoms with Gasteiger partial charge in [-0.25, -0.2) is 9.59 Å². The lowest BCUT2D eigenvalue weighted by molar-refractivity contribution is -0.165. The lowest BCUT2D eigenvalue weighted by atomic mass is 10.0. The molecule has 0 spiro atoms. The first-order valence-corrected chi connectivity index (χ1v) is 5.98. The van der Waals surface area contributed by atoms with Crippen molar-refractivity contribution in [2.24, 2.45) is 5.73 Å². The number of carboxylic acid groups (broad SMARTS) is 2. The van der Waals surface area contributed by atoms with Gasteiger partial charge < -0.3 is 31.3 Å². The molecule has 0 aromatic heterocycles. The highest BCUT2D eigenvalue weighted by Gasteiger charge is 2.29. The van der Waals surface area contributed by atoms with E-state index in [2.05, 4.69) is 0 Å². The van der Waals surface area contributed by atoms with Crippen molar-refractivity contribution in [3.05, 3.63) is 35.9 Å². The van der Waals surface area contributed by atoms with Crippen LogP contribution >= 0.6 is 0 Å². The molecule has 7 N–H and O–H groups in total. The Morgan fingerprint density at radius 3 is 1.62 bits per heavy atom. The zero-order valence-electron chi connectivity index (χ0n) is 11.3. The minimum Gasteiger partial charge on any atom is -0.479 e. The number of carboxylic acids is 2. The van der Waals surface area contributed by atoms with Crippen molar-refractivity contribution in [3.63, 3.8) is 0 Å². The van der Waals surface area contributed by atoms with Crippen molar-refractivity contribution in [2.75, 3.05) is 0 Å². The van der Waals surface area contributed by atoms with E-state index in [0.29, 0.717) is 0 Å². The topological polar surface area (TPSA) is 161 Å². The molecule has 1 aromatic rings. The summed E-state index contributed by atoms with van der Waals surface area (Å²) < 4.78 is 0. The number of rotatable bonds is 5. The molecule has 0 amide bonds. The molecule has 1 aromatic carbocycles. The zero-order valence-corrected chi connectivity index (χ0v) is 11.3. The van der Waals surface area contributed by atoms with Crippen LogP contribution in [-0.4, -0.2) is 55.7 Å². The molecule has 118 valence electrons. The van der Waals surface area contributed by atoms with Crippen molar-refractivity contribution in [2.45, 2.75) is 31.3 Å². The third-order valence-electron chi connectivity index (χ3n) is 2.44. The molecule has 0 aliphatic heterocycles. The first-order chi connectivity index (χ1) is 9.68. The summed E-state index contributed by atoms with van der Waals surface area (Å²) in [6.45, 7) is 1.79. The summed E-state index contributed by atoms with van der Waals surface area (Å²) in [6, 6.07) is 9.22. The zero-order chi connectivity index (χ0) is 16.6. The van der Waals surface area contributed by atoms with Gasteiger partial charge in [0.05, 0.1) is 6.10 Å². The molecule has 0 bridgehead atoms.